The summed E-state index contributed by atoms with van der Waals surface area (Å²) in [6.45, 7) is 4.73. The van der Waals surface area contributed by atoms with Crippen LogP contribution in [0.25, 0.3) is 0 Å². The Balaban J connectivity index is 2.97. The first-order valence-corrected chi connectivity index (χ1v) is 3.10. The highest BCUT2D eigenvalue weighted by Crippen LogP contribution is 2.04. The summed E-state index contributed by atoms with van der Waals surface area (Å²) in [5.74, 6) is 0.660. The lowest BCUT2D eigenvalue weighted by Crippen LogP contribution is -1.93. The van der Waals surface area contributed by atoms with Crippen LogP contribution in [0.5, 0.6) is 0 Å². The van der Waals surface area contributed by atoms with Crippen LogP contribution >= 0.6 is 0 Å². The Hall–Kier alpha value is -0.400. The van der Waals surface area contributed by atoms with E-state index in [1.807, 2.05) is 0 Å². The van der Waals surface area contributed by atoms with E-state index in [0.717, 1.165) is 12.8 Å². The second-order valence-electron chi connectivity index (χ2n) is 2.15. The van der Waals surface area contributed by atoms with E-state index in [9.17, 15) is 4.91 Å². The smallest absolute Gasteiger partial charge is 0.0813 e. The lowest BCUT2D eigenvalue weighted by molar-refractivity contribution is 0.524. The zero-order chi connectivity index (χ0) is 6.41. The quantitative estimate of drug-likeness (QED) is 0.516. The van der Waals surface area contributed by atoms with Gasteiger partial charge in [0.2, 0.25) is 0 Å². The fourth-order valence-electron chi connectivity index (χ4n) is 0.477. The molecule has 0 saturated carbocycles. The molecule has 0 rings (SSSR count). The summed E-state index contributed by atoms with van der Waals surface area (Å²) in [6, 6.07) is 0. The van der Waals surface area contributed by atoms with Gasteiger partial charge in [0.05, 0.1) is 6.54 Å². The maximum absolute atomic E-state index is 9.58. The van der Waals surface area contributed by atoms with Gasteiger partial charge in [-0.3, -0.25) is 0 Å². The van der Waals surface area contributed by atoms with Crippen LogP contribution in [0.1, 0.15) is 26.7 Å². The van der Waals surface area contributed by atoms with Crippen molar-refractivity contribution in [1.29, 1.82) is 0 Å². The Morgan fingerprint density at radius 2 is 2.25 bits per heavy atom. The first-order chi connectivity index (χ1) is 3.81. The van der Waals surface area contributed by atoms with Gasteiger partial charge >= 0.3 is 0 Å². The van der Waals surface area contributed by atoms with Crippen LogP contribution in [-0.4, -0.2) is 6.54 Å². The molecule has 0 aliphatic rings. The Bertz CT molecular complexity index is 63.5. The zero-order valence-electron chi connectivity index (χ0n) is 5.55. The Morgan fingerprint density at radius 1 is 1.62 bits per heavy atom. The van der Waals surface area contributed by atoms with Crippen LogP contribution in [0, 0.1) is 10.8 Å². The van der Waals surface area contributed by atoms with Gasteiger partial charge in [0.25, 0.3) is 0 Å². The Kier molecular flexibility index (Phi) is 4.51. The van der Waals surface area contributed by atoms with Crippen LogP contribution in [0.15, 0.2) is 5.18 Å². The van der Waals surface area contributed by atoms with Crippen molar-refractivity contribution in [2.75, 3.05) is 6.54 Å². The number of rotatable bonds is 4. The van der Waals surface area contributed by atoms with E-state index in [0.29, 0.717) is 12.5 Å². The molecule has 0 heterocycles. The second-order valence-corrected chi connectivity index (χ2v) is 2.15. The molecule has 0 aromatic carbocycles. The molecule has 48 valence electrons. The minimum Gasteiger partial charge on any atom is -0.151 e. The molecule has 0 fully saturated rings. The van der Waals surface area contributed by atoms with Crippen LogP contribution < -0.4 is 0 Å². The van der Waals surface area contributed by atoms with Gasteiger partial charge in [-0.15, -0.1) is 0 Å². The molecule has 2 nitrogen and oxygen atoms in total. The molecule has 0 aromatic heterocycles. The normalized spacial score (nSPS) is 13.2. The first kappa shape index (κ1) is 7.60. The molecule has 8 heavy (non-hydrogen) atoms. The highest BCUT2D eigenvalue weighted by Gasteiger charge is 1.95. The molecule has 0 aliphatic heterocycles. The highest BCUT2D eigenvalue weighted by atomic mass is 16.3. The fourth-order valence-corrected chi connectivity index (χ4v) is 0.477. The third kappa shape index (κ3) is 3.78. The lowest BCUT2D eigenvalue weighted by atomic mass is 10.1. The summed E-state index contributed by atoms with van der Waals surface area (Å²) in [5, 5.41) is 2.77. The average molecular weight is 115 g/mol. The SMILES string of the molecule is CCC(C)CCN=O. The summed E-state index contributed by atoms with van der Waals surface area (Å²) >= 11 is 0. The van der Waals surface area contributed by atoms with Crippen molar-refractivity contribution in [3.63, 3.8) is 0 Å². The summed E-state index contributed by atoms with van der Waals surface area (Å²) in [4.78, 5) is 9.58. The largest absolute Gasteiger partial charge is 0.151 e. The molecule has 0 aromatic rings. The van der Waals surface area contributed by atoms with E-state index < -0.39 is 0 Å². The maximum Gasteiger partial charge on any atom is 0.0813 e. The van der Waals surface area contributed by atoms with E-state index in [1.54, 1.807) is 0 Å². The topological polar surface area (TPSA) is 29.4 Å². The number of nitroso groups, excluding NO2 is 1. The van der Waals surface area contributed by atoms with Gasteiger partial charge in [0.1, 0.15) is 0 Å². The minimum absolute atomic E-state index is 0.481. The van der Waals surface area contributed by atoms with Crippen molar-refractivity contribution in [3.05, 3.63) is 4.91 Å². The van der Waals surface area contributed by atoms with Crippen molar-refractivity contribution in [3.8, 4) is 0 Å². The average Bonchev–Trinajstić information content (AvgIpc) is 1.83. The van der Waals surface area contributed by atoms with E-state index in [4.69, 9.17) is 0 Å². The zero-order valence-corrected chi connectivity index (χ0v) is 5.55. The third-order valence-electron chi connectivity index (χ3n) is 1.41. The molecule has 1 unspecified atom stereocenters. The van der Waals surface area contributed by atoms with Gasteiger partial charge in [-0.05, 0) is 12.3 Å². The van der Waals surface area contributed by atoms with Crippen LogP contribution in [0.3, 0.4) is 0 Å². The molecule has 0 bridgehead atoms. The van der Waals surface area contributed by atoms with E-state index in [-0.39, 0.29) is 0 Å². The summed E-state index contributed by atoms with van der Waals surface area (Å²) in [6.07, 6.45) is 2.09. The molecule has 0 spiro atoms. The summed E-state index contributed by atoms with van der Waals surface area (Å²) in [5.41, 5.74) is 0. The molecular weight excluding hydrogens is 102 g/mol. The van der Waals surface area contributed by atoms with Gasteiger partial charge in [0.15, 0.2) is 0 Å². The van der Waals surface area contributed by atoms with E-state index >= 15 is 0 Å². The van der Waals surface area contributed by atoms with Crippen molar-refractivity contribution >= 4 is 0 Å². The van der Waals surface area contributed by atoms with E-state index in [2.05, 4.69) is 19.0 Å². The summed E-state index contributed by atoms with van der Waals surface area (Å²) in [7, 11) is 0. The Morgan fingerprint density at radius 3 is 2.62 bits per heavy atom. The predicted octanol–water partition coefficient (Wildman–Crippen LogP) is 2.19. The van der Waals surface area contributed by atoms with Crippen molar-refractivity contribution in [2.45, 2.75) is 26.7 Å². The van der Waals surface area contributed by atoms with Crippen molar-refractivity contribution < 1.29 is 0 Å². The van der Waals surface area contributed by atoms with Crippen molar-refractivity contribution in [1.82, 2.24) is 0 Å². The molecule has 0 N–H and O–H groups in total. The first-order valence-electron chi connectivity index (χ1n) is 3.10. The van der Waals surface area contributed by atoms with Crippen molar-refractivity contribution in [2.24, 2.45) is 11.1 Å². The molecule has 1 atom stereocenters. The fraction of sp³-hybridized carbons (Fsp3) is 1.00. The molecule has 2 heteroatoms. The van der Waals surface area contributed by atoms with Crippen LogP contribution in [0.4, 0.5) is 0 Å². The number of hydrogen-bond donors (Lipinski definition) is 0. The van der Waals surface area contributed by atoms with Gasteiger partial charge in [0, 0.05) is 0 Å². The monoisotopic (exact) mass is 115 g/mol. The second kappa shape index (κ2) is 4.75. The molecule has 0 aliphatic carbocycles. The molecule has 0 amide bonds. The van der Waals surface area contributed by atoms with E-state index in [1.165, 1.54) is 0 Å². The lowest BCUT2D eigenvalue weighted by Gasteiger charge is -2.01. The summed E-state index contributed by atoms with van der Waals surface area (Å²) < 4.78 is 0. The van der Waals surface area contributed by atoms with Crippen LogP contribution in [0.2, 0.25) is 0 Å². The van der Waals surface area contributed by atoms with Crippen LogP contribution in [-0.2, 0) is 0 Å². The molecule has 0 saturated heterocycles. The standard InChI is InChI=1S/C6H13NO/c1-3-6(2)4-5-7-8/h6H,3-5H2,1-2H3. The number of hydrogen-bond acceptors (Lipinski definition) is 2. The highest BCUT2D eigenvalue weighted by molar-refractivity contribution is 4.50. The third-order valence-corrected chi connectivity index (χ3v) is 1.41. The van der Waals surface area contributed by atoms with Gasteiger partial charge in [-0.2, -0.15) is 4.91 Å². The maximum atomic E-state index is 9.58. The Labute approximate surface area is 50.3 Å². The molecule has 0 radical (unpaired) electrons. The van der Waals surface area contributed by atoms with Gasteiger partial charge in [-0.1, -0.05) is 25.4 Å². The minimum atomic E-state index is 0.481. The van der Waals surface area contributed by atoms with Gasteiger partial charge < -0.3 is 0 Å². The molecular formula is C6H13NO. The predicted molar refractivity (Wildman–Crippen MR) is 34.7 cm³/mol. The van der Waals surface area contributed by atoms with Gasteiger partial charge in [-0.25, -0.2) is 0 Å². The number of nitrogens with zero attached hydrogens (tertiary/aromatic N) is 1.